The highest BCUT2D eigenvalue weighted by Gasteiger charge is 2.43. The van der Waals surface area contributed by atoms with Gasteiger partial charge in [0.15, 0.2) is 0 Å². The lowest BCUT2D eigenvalue weighted by atomic mass is 9.65. The largest absolute Gasteiger partial charge is 0.373 e. The van der Waals surface area contributed by atoms with Crippen LogP contribution < -0.4 is 0 Å². The fraction of sp³-hybridized carbons (Fsp3) is 0.529. The summed E-state index contributed by atoms with van der Waals surface area (Å²) >= 11 is 0. The maximum Gasteiger partial charge on any atom is 0.0892 e. The quantitative estimate of drug-likeness (QED) is 0.670. The maximum atomic E-state index is 6.20. The van der Waals surface area contributed by atoms with Gasteiger partial charge in [0.2, 0.25) is 0 Å². The predicted octanol–water partition coefficient (Wildman–Crippen LogP) is 4.22. The Bertz CT molecular complexity index is 448. The number of benzene rings is 1. The molecule has 3 rings (SSSR count). The average Bonchev–Trinajstić information content (AvgIpc) is 2.37. The molecule has 1 aromatic carbocycles. The molecule has 1 saturated heterocycles. The summed E-state index contributed by atoms with van der Waals surface area (Å²) in [4.78, 5) is 0. The van der Waals surface area contributed by atoms with Crippen molar-refractivity contribution in [2.75, 3.05) is 6.61 Å². The van der Waals surface area contributed by atoms with E-state index in [1.54, 1.807) is 0 Å². The molecule has 5 atom stereocenters. The fourth-order valence-corrected chi connectivity index (χ4v) is 3.89. The second-order valence-electron chi connectivity index (χ2n) is 5.98. The van der Waals surface area contributed by atoms with Gasteiger partial charge in [-0.1, -0.05) is 55.8 Å². The van der Waals surface area contributed by atoms with E-state index in [9.17, 15) is 0 Å². The molecule has 0 spiro atoms. The molecule has 0 aromatic heterocycles. The molecular formula is C17H22O. The monoisotopic (exact) mass is 242 g/mol. The Kier molecular flexibility index (Phi) is 3.03. The minimum atomic E-state index is 0.251. The van der Waals surface area contributed by atoms with Crippen molar-refractivity contribution in [3.63, 3.8) is 0 Å². The molecule has 0 unspecified atom stereocenters. The van der Waals surface area contributed by atoms with Crippen molar-refractivity contribution in [3.8, 4) is 0 Å². The molecule has 96 valence electrons. The van der Waals surface area contributed by atoms with Gasteiger partial charge in [-0.25, -0.2) is 0 Å². The second kappa shape index (κ2) is 4.55. The van der Waals surface area contributed by atoms with Crippen molar-refractivity contribution in [1.82, 2.24) is 0 Å². The molecule has 1 aliphatic heterocycles. The van der Waals surface area contributed by atoms with Crippen LogP contribution in [0.5, 0.6) is 0 Å². The molecular weight excluding hydrogens is 220 g/mol. The highest BCUT2D eigenvalue weighted by Crippen LogP contribution is 2.49. The Morgan fingerprint density at radius 3 is 2.56 bits per heavy atom. The van der Waals surface area contributed by atoms with Crippen LogP contribution in [0.25, 0.3) is 0 Å². The standard InChI is InChI=1S/C17H22O/c1-11-9-12(2)16-13(3)15(11)10-18-17(16)14-7-5-4-6-8-14/h4-9,11,13,15-17H,10H2,1-3H3/t11-,13-,15+,16-,17-/m0/s1. The third kappa shape index (κ3) is 1.81. The van der Waals surface area contributed by atoms with Crippen LogP contribution in [0.3, 0.4) is 0 Å². The van der Waals surface area contributed by atoms with Crippen molar-refractivity contribution in [1.29, 1.82) is 0 Å². The van der Waals surface area contributed by atoms with Gasteiger partial charge in [0.25, 0.3) is 0 Å². The summed E-state index contributed by atoms with van der Waals surface area (Å²) in [6.45, 7) is 7.91. The van der Waals surface area contributed by atoms with E-state index < -0.39 is 0 Å². The molecule has 0 N–H and O–H groups in total. The molecule has 1 heteroatoms. The van der Waals surface area contributed by atoms with Crippen LogP contribution >= 0.6 is 0 Å². The zero-order chi connectivity index (χ0) is 12.7. The van der Waals surface area contributed by atoms with Gasteiger partial charge < -0.3 is 4.74 Å². The lowest BCUT2D eigenvalue weighted by molar-refractivity contribution is -0.0934. The number of hydrogen-bond acceptors (Lipinski definition) is 1. The molecule has 1 aliphatic carbocycles. The lowest BCUT2D eigenvalue weighted by Crippen LogP contribution is -2.42. The van der Waals surface area contributed by atoms with Gasteiger partial charge in [0, 0.05) is 5.92 Å². The maximum absolute atomic E-state index is 6.20. The molecule has 2 bridgehead atoms. The van der Waals surface area contributed by atoms with Crippen molar-refractivity contribution < 1.29 is 4.74 Å². The predicted molar refractivity (Wildman–Crippen MR) is 74.2 cm³/mol. The van der Waals surface area contributed by atoms with Gasteiger partial charge in [-0.15, -0.1) is 0 Å². The second-order valence-corrected chi connectivity index (χ2v) is 5.98. The number of ether oxygens (including phenoxy) is 1. The summed E-state index contributed by atoms with van der Waals surface area (Å²) < 4.78 is 6.20. The molecule has 0 saturated carbocycles. The SMILES string of the molecule is CC1=C[C@H](C)[C@H]2CO[C@@H](c3ccccc3)[C@@H]1[C@H]2C. The van der Waals surface area contributed by atoms with Gasteiger partial charge >= 0.3 is 0 Å². The number of allylic oxidation sites excluding steroid dienone is 1. The lowest BCUT2D eigenvalue weighted by Gasteiger charge is -2.47. The summed E-state index contributed by atoms with van der Waals surface area (Å²) in [5.74, 6) is 2.64. The van der Waals surface area contributed by atoms with E-state index in [0.29, 0.717) is 17.8 Å². The van der Waals surface area contributed by atoms with E-state index in [1.807, 2.05) is 0 Å². The minimum Gasteiger partial charge on any atom is -0.373 e. The zero-order valence-electron chi connectivity index (χ0n) is 11.5. The Balaban J connectivity index is 1.97. The van der Waals surface area contributed by atoms with Crippen molar-refractivity contribution in [2.45, 2.75) is 26.9 Å². The van der Waals surface area contributed by atoms with Crippen LogP contribution in [0.4, 0.5) is 0 Å². The first-order chi connectivity index (χ1) is 8.68. The molecule has 0 radical (unpaired) electrons. The van der Waals surface area contributed by atoms with Gasteiger partial charge in [-0.05, 0) is 30.2 Å². The van der Waals surface area contributed by atoms with Crippen molar-refractivity contribution in [2.24, 2.45) is 23.7 Å². The van der Waals surface area contributed by atoms with Crippen molar-refractivity contribution in [3.05, 3.63) is 47.5 Å². The van der Waals surface area contributed by atoms with Gasteiger partial charge in [0.05, 0.1) is 12.7 Å². The molecule has 1 aromatic rings. The Labute approximate surface area is 110 Å². The van der Waals surface area contributed by atoms with E-state index in [4.69, 9.17) is 4.74 Å². The zero-order valence-corrected chi connectivity index (χ0v) is 11.5. The van der Waals surface area contributed by atoms with Crippen LogP contribution in [0, 0.1) is 23.7 Å². The van der Waals surface area contributed by atoms with Crippen LogP contribution in [-0.4, -0.2) is 6.61 Å². The van der Waals surface area contributed by atoms with Gasteiger partial charge in [-0.2, -0.15) is 0 Å². The topological polar surface area (TPSA) is 9.23 Å². The summed E-state index contributed by atoms with van der Waals surface area (Å²) in [5, 5.41) is 0. The van der Waals surface area contributed by atoms with Crippen LogP contribution in [-0.2, 0) is 4.74 Å². The van der Waals surface area contributed by atoms with Gasteiger partial charge in [0.1, 0.15) is 0 Å². The third-order valence-corrected chi connectivity index (χ3v) is 4.89. The van der Waals surface area contributed by atoms with E-state index in [0.717, 1.165) is 12.5 Å². The highest BCUT2D eigenvalue weighted by atomic mass is 16.5. The summed E-state index contributed by atoms with van der Waals surface area (Å²) in [7, 11) is 0. The van der Waals surface area contributed by atoms with Crippen LogP contribution in [0.2, 0.25) is 0 Å². The van der Waals surface area contributed by atoms with E-state index >= 15 is 0 Å². The molecule has 18 heavy (non-hydrogen) atoms. The number of fused-ring (bicyclic) bond motifs is 2. The summed E-state index contributed by atoms with van der Waals surface area (Å²) in [6.07, 6.45) is 2.72. The molecule has 1 nitrogen and oxygen atoms in total. The third-order valence-electron chi connectivity index (χ3n) is 4.89. The molecule has 1 heterocycles. The molecule has 1 fully saturated rings. The number of hydrogen-bond donors (Lipinski definition) is 0. The summed E-state index contributed by atoms with van der Waals surface area (Å²) in [6, 6.07) is 10.7. The van der Waals surface area contributed by atoms with E-state index in [2.05, 4.69) is 57.2 Å². The Morgan fingerprint density at radius 2 is 1.83 bits per heavy atom. The average molecular weight is 242 g/mol. The van der Waals surface area contributed by atoms with E-state index in [1.165, 1.54) is 11.1 Å². The van der Waals surface area contributed by atoms with Crippen LogP contribution in [0.1, 0.15) is 32.4 Å². The molecule has 0 amide bonds. The highest BCUT2D eigenvalue weighted by molar-refractivity contribution is 5.25. The van der Waals surface area contributed by atoms with Crippen molar-refractivity contribution >= 4 is 0 Å². The molecule has 2 aliphatic rings. The first kappa shape index (κ1) is 12.0. The summed E-state index contributed by atoms with van der Waals surface area (Å²) in [5.41, 5.74) is 2.84. The fourth-order valence-electron chi connectivity index (χ4n) is 3.89. The normalized spacial score (nSPS) is 39.3. The first-order valence-corrected chi connectivity index (χ1v) is 7.03. The van der Waals surface area contributed by atoms with E-state index in [-0.39, 0.29) is 6.10 Å². The Hall–Kier alpha value is -1.08. The van der Waals surface area contributed by atoms with Gasteiger partial charge in [-0.3, -0.25) is 0 Å². The minimum absolute atomic E-state index is 0.251. The first-order valence-electron chi connectivity index (χ1n) is 7.03. The van der Waals surface area contributed by atoms with Crippen LogP contribution in [0.15, 0.2) is 42.0 Å². The number of rotatable bonds is 1. The smallest absolute Gasteiger partial charge is 0.0892 e. The Morgan fingerprint density at radius 1 is 1.11 bits per heavy atom.